The number of nitrogens with one attached hydrogen (secondary N) is 1. The number of benzene rings is 1. The lowest BCUT2D eigenvalue weighted by atomic mass is 9.84. The van der Waals surface area contributed by atoms with E-state index in [0.29, 0.717) is 6.54 Å². The maximum atomic E-state index is 12.3. The lowest BCUT2D eigenvalue weighted by Gasteiger charge is -2.24. The SMILES string of the molecule is CC(C)(C(=O)NCc1cc(Br)cs1)c1ccccc1. The molecule has 19 heavy (non-hydrogen) atoms. The molecule has 4 heteroatoms. The Bertz CT molecular complexity index is 563. The van der Waals surface area contributed by atoms with Gasteiger partial charge in [-0.1, -0.05) is 30.3 Å². The van der Waals surface area contributed by atoms with E-state index in [1.54, 1.807) is 11.3 Å². The molecule has 1 aromatic carbocycles. The molecule has 100 valence electrons. The topological polar surface area (TPSA) is 29.1 Å². The Kier molecular flexibility index (Phi) is 4.42. The first-order chi connectivity index (χ1) is 9.00. The predicted molar refractivity (Wildman–Crippen MR) is 83.3 cm³/mol. The number of thiophene rings is 1. The zero-order chi connectivity index (χ0) is 13.9. The summed E-state index contributed by atoms with van der Waals surface area (Å²) >= 11 is 5.05. The first-order valence-corrected chi connectivity index (χ1v) is 7.74. The maximum absolute atomic E-state index is 12.3. The minimum Gasteiger partial charge on any atom is -0.350 e. The number of halogens is 1. The van der Waals surface area contributed by atoms with E-state index >= 15 is 0 Å². The zero-order valence-corrected chi connectivity index (χ0v) is 13.3. The van der Waals surface area contributed by atoms with Crippen LogP contribution in [0.2, 0.25) is 0 Å². The third-order valence-corrected chi connectivity index (χ3v) is 4.81. The number of amides is 1. The summed E-state index contributed by atoms with van der Waals surface area (Å²) in [6, 6.07) is 11.9. The van der Waals surface area contributed by atoms with Gasteiger partial charge in [0.2, 0.25) is 5.91 Å². The lowest BCUT2D eigenvalue weighted by Crippen LogP contribution is -2.39. The molecule has 0 saturated heterocycles. The minimum atomic E-state index is -0.518. The van der Waals surface area contributed by atoms with Gasteiger partial charge < -0.3 is 5.32 Å². The van der Waals surface area contributed by atoms with Crippen LogP contribution in [-0.2, 0) is 16.8 Å². The molecule has 1 N–H and O–H groups in total. The summed E-state index contributed by atoms with van der Waals surface area (Å²) in [6.45, 7) is 4.47. The molecule has 2 aromatic rings. The van der Waals surface area contributed by atoms with E-state index in [4.69, 9.17) is 0 Å². The summed E-state index contributed by atoms with van der Waals surface area (Å²) in [6.07, 6.45) is 0. The summed E-state index contributed by atoms with van der Waals surface area (Å²) in [7, 11) is 0. The van der Waals surface area contributed by atoms with Crippen molar-refractivity contribution in [2.75, 3.05) is 0 Å². The monoisotopic (exact) mass is 337 g/mol. The van der Waals surface area contributed by atoms with E-state index in [2.05, 4.69) is 21.2 Å². The molecule has 0 bridgehead atoms. The summed E-state index contributed by atoms with van der Waals surface area (Å²) in [5, 5.41) is 5.02. The minimum absolute atomic E-state index is 0.0447. The van der Waals surface area contributed by atoms with E-state index in [9.17, 15) is 4.79 Å². The van der Waals surface area contributed by atoms with Crippen molar-refractivity contribution in [1.82, 2.24) is 5.32 Å². The fourth-order valence-electron chi connectivity index (χ4n) is 1.82. The fourth-order valence-corrected chi connectivity index (χ4v) is 3.21. The predicted octanol–water partition coefficient (Wildman–Crippen LogP) is 4.10. The second kappa shape index (κ2) is 5.88. The largest absolute Gasteiger partial charge is 0.350 e. The second-order valence-corrected chi connectivity index (χ2v) is 6.82. The van der Waals surface area contributed by atoms with E-state index in [1.807, 2.05) is 55.6 Å². The Balaban J connectivity index is 2.03. The molecule has 1 aromatic heterocycles. The van der Waals surface area contributed by atoms with Gasteiger partial charge in [0.1, 0.15) is 0 Å². The van der Waals surface area contributed by atoms with Gasteiger partial charge in [-0.15, -0.1) is 11.3 Å². The molecule has 0 radical (unpaired) electrons. The number of carbonyl (C=O) groups is 1. The van der Waals surface area contributed by atoms with Crippen LogP contribution in [0.15, 0.2) is 46.3 Å². The highest BCUT2D eigenvalue weighted by Gasteiger charge is 2.29. The molecular formula is C15H16BrNOS. The van der Waals surface area contributed by atoms with Crippen molar-refractivity contribution in [1.29, 1.82) is 0 Å². The number of hydrogen-bond donors (Lipinski definition) is 1. The molecule has 1 heterocycles. The highest BCUT2D eigenvalue weighted by atomic mass is 79.9. The van der Waals surface area contributed by atoms with E-state index < -0.39 is 5.41 Å². The fraction of sp³-hybridized carbons (Fsp3) is 0.267. The van der Waals surface area contributed by atoms with Crippen LogP contribution >= 0.6 is 27.3 Å². The summed E-state index contributed by atoms with van der Waals surface area (Å²) in [5.74, 6) is 0.0447. The Labute approximate surface area is 126 Å². The van der Waals surface area contributed by atoms with Gasteiger partial charge in [0.25, 0.3) is 0 Å². The van der Waals surface area contributed by atoms with Crippen LogP contribution in [0.3, 0.4) is 0 Å². The summed E-state index contributed by atoms with van der Waals surface area (Å²) in [4.78, 5) is 13.5. The molecule has 0 fully saturated rings. The van der Waals surface area contributed by atoms with Crippen molar-refractivity contribution in [3.05, 3.63) is 56.7 Å². The van der Waals surface area contributed by atoms with Gasteiger partial charge in [0.05, 0.1) is 12.0 Å². The van der Waals surface area contributed by atoms with Gasteiger partial charge in [0.15, 0.2) is 0 Å². The van der Waals surface area contributed by atoms with Crippen LogP contribution in [0.1, 0.15) is 24.3 Å². The van der Waals surface area contributed by atoms with Crippen LogP contribution in [0.5, 0.6) is 0 Å². The Morgan fingerprint density at radius 2 is 2.00 bits per heavy atom. The van der Waals surface area contributed by atoms with Crippen LogP contribution in [0, 0.1) is 0 Å². The van der Waals surface area contributed by atoms with Crippen LogP contribution < -0.4 is 5.32 Å². The molecule has 0 aliphatic carbocycles. The quantitative estimate of drug-likeness (QED) is 0.893. The Morgan fingerprint density at radius 3 is 2.58 bits per heavy atom. The molecule has 1 amide bonds. The first kappa shape index (κ1) is 14.3. The highest BCUT2D eigenvalue weighted by Crippen LogP contribution is 2.24. The van der Waals surface area contributed by atoms with Crippen molar-refractivity contribution < 1.29 is 4.79 Å². The highest BCUT2D eigenvalue weighted by molar-refractivity contribution is 9.10. The molecule has 0 saturated carbocycles. The second-order valence-electron chi connectivity index (χ2n) is 4.90. The van der Waals surface area contributed by atoms with Crippen molar-refractivity contribution >= 4 is 33.2 Å². The third kappa shape index (κ3) is 3.45. The standard InChI is InChI=1S/C15H16BrNOS/c1-15(2,11-6-4-3-5-7-11)14(18)17-9-13-8-12(16)10-19-13/h3-8,10H,9H2,1-2H3,(H,17,18). The first-order valence-electron chi connectivity index (χ1n) is 6.07. The average Bonchev–Trinajstić information content (AvgIpc) is 2.82. The van der Waals surface area contributed by atoms with E-state index in [0.717, 1.165) is 14.9 Å². The van der Waals surface area contributed by atoms with Gasteiger partial charge in [-0.05, 0) is 41.4 Å². The van der Waals surface area contributed by atoms with Gasteiger partial charge in [-0.3, -0.25) is 4.79 Å². The number of rotatable bonds is 4. The van der Waals surface area contributed by atoms with Gasteiger partial charge in [0, 0.05) is 14.7 Å². The average molecular weight is 338 g/mol. The van der Waals surface area contributed by atoms with E-state index in [1.165, 1.54) is 0 Å². The Morgan fingerprint density at radius 1 is 1.32 bits per heavy atom. The van der Waals surface area contributed by atoms with E-state index in [-0.39, 0.29) is 5.91 Å². The normalized spacial score (nSPS) is 11.3. The van der Waals surface area contributed by atoms with Crippen molar-refractivity contribution in [2.45, 2.75) is 25.8 Å². The third-order valence-electron chi connectivity index (χ3n) is 3.11. The van der Waals surface area contributed by atoms with Crippen LogP contribution in [0.4, 0.5) is 0 Å². The van der Waals surface area contributed by atoms with Gasteiger partial charge in [-0.2, -0.15) is 0 Å². The summed E-state index contributed by atoms with van der Waals surface area (Å²) < 4.78 is 1.06. The molecule has 0 atom stereocenters. The number of hydrogen-bond acceptors (Lipinski definition) is 2. The van der Waals surface area contributed by atoms with Crippen LogP contribution in [0.25, 0.3) is 0 Å². The zero-order valence-electron chi connectivity index (χ0n) is 10.9. The molecule has 2 nitrogen and oxygen atoms in total. The Hall–Kier alpha value is -1.13. The lowest BCUT2D eigenvalue weighted by molar-refractivity contribution is -0.125. The number of carbonyl (C=O) groups excluding carboxylic acids is 1. The maximum Gasteiger partial charge on any atom is 0.230 e. The van der Waals surface area contributed by atoms with Crippen molar-refractivity contribution in [3.63, 3.8) is 0 Å². The van der Waals surface area contributed by atoms with Crippen molar-refractivity contribution in [3.8, 4) is 0 Å². The molecule has 0 aliphatic rings. The molecular weight excluding hydrogens is 322 g/mol. The molecule has 2 rings (SSSR count). The van der Waals surface area contributed by atoms with Gasteiger partial charge in [-0.25, -0.2) is 0 Å². The smallest absolute Gasteiger partial charge is 0.230 e. The molecule has 0 aliphatic heterocycles. The molecule has 0 spiro atoms. The van der Waals surface area contributed by atoms with Crippen molar-refractivity contribution in [2.24, 2.45) is 0 Å². The van der Waals surface area contributed by atoms with Crippen LogP contribution in [-0.4, -0.2) is 5.91 Å². The van der Waals surface area contributed by atoms with Gasteiger partial charge >= 0.3 is 0 Å². The molecule has 0 unspecified atom stereocenters. The summed E-state index contributed by atoms with van der Waals surface area (Å²) in [5.41, 5.74) is 0.510.